The SMILES string of the molecule is O=C(NCCOCCO)c1cc(Cl)ncc1Cl. The normalized spacial score (nSPS) is 10.3. The molecule has 1 rings (SSSR count). The Labute approximate surface area is 109 Å². The number of aliphatic hydroxyl groups excluding tert-OH is 1. The minimum absolute atomic E-state index is 0.0419. The van der Waals surface area contributed by atoms with Crippen LogP contribution in [-0.4, -0.2) is 42.4 Å². The zero-order valence-corrected chi connectivity index (χ0v) is 10.5. The van der Waals surface area contributed by atoms with Crippen molar-refractivity contribution in [2.24, 2.45) is 0 Å². The van der Waals surface area contributed by atoms with Gasteiger partial charge in [0.25, 0.3) is 5.91 Å². The van der Waals surface area contributed by atoms with Gasteiger partial charge in [-0.2, -0.15) is 0 Å². The van der Waals surface area contributed by atoms with Gasteiger partial charge >= 0.3 is 0 Å². The molecule has 0 fully saturated rings. The number of hydrogen-bond acceptors (Lipinski definition) is 4. The number of halogens is 2. The number of amides is 1. The Morgan fingerprint density at radius 1 is 1.47 bits per heavy atom. The first-order valence-electron chi connectivity index (χ1n) is 4.93. The number of carbonyl (C=O) groups excluding carboxylic acids is 1. The van der Waals surface area contributed by atoms with E-state index in [9.17, 15) is 4.79 Å². The van der Waals surface area contributed by atoms with E-state index in [1.807, 2.05) is 0 Å². The topological polar surface area (TPSA) is 71.5 Å². The molecular formula is C10H12Cl2N2O3. The number of hydrogen-bond donors (Lipinski definition) is 2. The van der Waals surface area contributed by atoms with Crippen LogP contribution in [0, 0.1) is 0 Å². The predicted octanol–water partition coefficient (Wildman–Crippen LogP) is 1.13. The summed E-state index contributed by atoms with van der Waals surface area (Å²) in [6.07, 6.45) is 1.32. The third kappa shape index (κ3) is 4.87. The highest BCUT2D eigenvalue weighted by Crippen LogP contribution is 2.17. The van der Waals surface area contributed by atoms with Crippen LogP contribution in [0.1, 0.15) is 10.4 Å². The molecule has 94 valence electrons. The lowest BCUT2D eigenvalue weighted by Crippen LogP contribution is -2.27. The third-order valence-corrected chi connectivity index (χ3v) is 2.34. The van der Waals surface area contributed by atoms with Gasteiger partial charge < -0.3 is 15.2 Å². The number of nitrogens with zero attached hydrogens (tertiary/aromatic N) is 1. The summed E-state index contributed by atoms with van der Waals surface area (Å²) in [4.78, 5) is 15.4. The number of carbonyl (C=O) groups is 1. The molecule has 1 aromatic rings. The average Bonchev–Trinajstić information content (AvgIpc) is 2.32. The van der Waals surface area contributed by atoms with E-state index in [4.69, 9.17) is 33.0 Å². The molecule has 1 amide bonds. The molecule has 0 atom stereocenters. The largest absolute Gasteiger partial charge is 0.394 e. The van der Waals surface area contributed by atoms with E-state index in [0.29, 0.717) is 13.2 Å². The van der Waals surface area contributed by atoms with Gasteiger partial charge in [0.15, 0.2) is 0 Å². The van der Waals surface area contributed by atoms with Crippen LogP contribution in [-0.2, 0) is 4.74 Å². The van der Waals surface area contributed by atoms with Gasteiger partial charge in [-0.05, 0) is 6.07 Å². The summed E-state index contributed by atoms with van der Waals surface area (Å²) in [7, 11) is 0. The zero-order chi connectivity index (χ0) is 12.7. The maximum Gasteiger partial charge on any atom is 0.253 e. The Hall–Kier alpha value is -0.880. The second kappa shape index (κ2) is 7.45. The van der Waals surface area contributed by atoms with Crippen molar-refractivity contribution in [3.8, 4) is 0 Å². The number of aromatic nitrogens is 1. The lowest BCUT2D eigenvalue weighted by molar-refractivity contribution is 0.0838. The highest BCUT2D eigenvalue weighted by atomic mass is 35.5. The summed E-state index contributed by atoms with van der Waals surface area (Å²) in [5.41, 5.74) is 0.272. The Kier molecular flexibility index (Phi) is 6.21. The van der Waals surface area contributed by atoms with Crippen molar-refractivity contribution in [2.75, 3.05) is 26.4 Å². The van der Waals surface area contributed by atoms with Crippen molar-refractivity contribution in [3.63, 3.8) is 0 Å². The second-order valence-electron chi connectivity index (χ2n) is 3.08. The van der Waals surface area contributed by atoms with E-state index in [1.165, 1.54) is 12.3 Å². The maximum absolute atomic E-state index is 11.7. The minimum atomic E-state index is -0.341. The highest BCUT2D eigenvalue weighted by molar-refractivity contribution is 6.35. The van der Waals surface area contributed by atoms with Crippen molar-refractivity contribution in [1.82, 2.24) is 10.3 Å². The third-order valence-electron chi connectivity index (χ3n) is 1.83. The average molecular weight is 279 g/mol. The van der Waals surface area contributed by atoms with Crippen LogP contribution in [0.25, 0.3) is 0 Å². The summed E-state index contributed by atoms with van der Waals surface area (Å²) in [5.74, 6) is -0.341. The van der Waals surface area contributed by atoms with Crippen LogP contribution >= 0.6 is 23.2 Å². The number of nitrogens with one attached hydrogen (secondary N) is 1. The highest BCUT2D eigenvalue weighted by Gasteiger charge is 2.10. The molecule has 0 aromatic carbocycles. The van der Waals surface area contributed by atoms with Crippen molar-refractivity contribution in [3.05, 3.63) is 28.0 Å². The fourth-order valence-corrected chi connectivity index (χ4v) is 1.43. The van der Waals surface area contributed by atoms with E-state index in [0.717, 1.165) is 0 Å². The van der Waals surface area contributed by atoms with Gasteiger partial charge in [0.2, 0.25) is 0 Å². The maximum atomic E-state index is 11.7. The first kappa shape index (κ1) is 14.2. The standard InChI is InChI=1S/C10H12Cl2N2O3/c11-8-6-14-9(12)5-7(8)10(16)13-1-3-17-4-2-15/h5-6,15H,1-4H2,(H,13,16). The van der Waals surface area contributed by atoms with Gasteiger partial charge in [0, 0.05) is 12.7 Å². The van der Waals surface area contributed by atoms with E-state index in [2.05, 4.69) is 10.3 Å². The van der Waals surface area contributed by atoms with Crippen LogP contribution < -0.4 is 5.32 Å². The fourth-order valence-electron chi connectivity index (χ4n) is 1.09. The molecule has 0 aliphatic rings. The summed E-state index contributed by atoms with van der Waals surface area (Å²) in [6.45, 7) is 0.856. The van der Waals surface area contributed by atoms with Gasteiger partial charge in [-0.25, -0.2) is 4.98 Å². The summed E-state index contributed by atoms with van der Waals surface area (Å²) in [6, 6.07) is 1.40. The monoisotopic (exact) mass is 278 g/mol. The molecular weight excluding hydrogens is 267 g/mol. The Bertz CT molecular complexity index is 388. The van der Waals surface area contributed by atoms with E-state index < -0.39 is 0 Å². The summed E-state index contributed by atoms with van der Waals surface area (Å²) >= 11 is 11.5. The van der Waals surface area contributed by atoms with Crippen LogP contribution in [0.4, 0.5) is 0 Å². The van der Waals surface area contributed by atoms with Crippen LogP contribution in [0.15, 0.2) is 12.3 Å². The van der Waals surface area contributed by atoms with Crippen molar-refractivity contribution >= 4 is 29.1 Å². The molecule has 0 saturated carbocycles. The summed E-state index contributed by atoms with van der Waals surface area (Å²) < 4.78 is 4.99. The first-order valence-corrected chi connectivity index (χ1v) is 5.68. The molecule has 0 aliphatic carbocycles. The van der Waals surface area contributed by atoms with Gasteiger partial charge in [-0.15, -0.1) is 0 Å². The minimum Gasteiger partial charge on any atom is -0.394 e. The van der Waals surface area contributed by atoms with Gasteiger partial charge in [-0.3, -0.25) is 4.79 Å². The molecule has 0 saturated heterocycles. The quantitative estimate of drug-likeness (QED) is 0.605. The molecule has 0 bridgehead atoms. The lowest BCUT2D eigenvalue weighted by atomic mass is 10.2. The van der Waals surface area contributed by atoms with Crippen molar-refractivity contribution in [2.45, 2.75) is 0 Å². The molecule has 0 unspecified atom stereocenters. The predicted molar refractivity (Wildman–Crippen MR) is 64.5 cm³/mol. The molecule has 7 heteroatoms. The lowest BCUT2D eigenvalue weighted by Gasteiger charge is -2.07. The molecule has 1 heterocycles. The molecule has 5 nitrogen and oxygen atoms in total. The van der Waals surface area contributed by atoms with Crippen molar-refractivity contribution < 1.29 is 14.6 Å². The Morgan fingerprint density at radius 3 is 2.94 bits per heavy atom. The molecule has 2 N–H and O–H groups in total. The molecule has 1 aromatic heterocycles. The first-order chi connectivity index (χ1) is 8.15. The Balaban J connectivity index is 2.44. The molecule has 0 aliphatic heterocycles. The number of aliphatic hydroxyl groups is 1. The number of ether oxygens (including phenoxy) is 1. The zero-order valence-electron chi connectivity index (χ0n) is 8.95. The van der Waals surface area contributed by atoms with E-state index in [1.54, 1.807) is 0 Å². The fraction of sp³-hybridized carbons (Fsp3) is 0.400. The van der Waals surface area contributed by atoms with Gasteiger partial charge in [0.1, 0.15) is 5.15 Å². The van der Waals surface area contributed by atoms with E-state index >= 15 is 0 Å². The molecule has 0 spiro atoms. The van der Waals surface area contributed by atoms with Crippen molar-refractivity contribution in [1.29, 1.82) is 0 Å². The smallest absolute Gasteiger partial charge is 0.253 e. The second-order valence-corrected chi connectivity index (χ2v) is 3.87. The number of rotatable bonds is 6. The van der Waals surface area contributed by atoms with Crippen LogP contribution in [0.5, 0.6) is 0 Å². The molecule has 0 radical (unpaired) electrons. The summed E-state index contributed by atoms with van der Waals surface area (Å²) in [5, 5.41) is 11.5. The number of pyridine rings is 1. The van der Waals surface area contributed by atoms with Gasteiger partial charge in [-0.1, -0.05) is 23.2 Å². The van der Waals surface area contributed by atoms with Gasteiger partial charge in [0.05, 0.1) is 30.4 Å². The van der Waals surface area contributed by atoms with E-state index in [-0.39, 0.29) is 34.9 Å². The van der Waals surface area contributed by atoms with Crippen LogP contribution in [0.2, 0.25) is 10.2 Å². The van der Waals surface area contributed by atoms with Crippen LogP contribution in [0.3, 0.4) is 0 Å². The molecule has 17 heavy (non-hydrogen) atoms. The Morgan fingerprint density at radius 2 is 2.24 bits per heavy atom.